The summed E-state index contributed by atoms with van der Waals surface area (Å²) in [5, 5.41) is 10.7. The molecule has 0 aliphatic rings. The van der Waals surface area contributed by atoms with Crippen LogP contribution in [0, 0.1) is 6.92 Å². The summed E-state index contributed by atoms with van der Waals surface area (Å²) in [5.74, 6) is 0.569. The first-order chi connectivity index (χ1) is 8.19. The third-order valence-corrected chi connectivity index (χ3v) is 1.96. The number of carbonyl (C=O) groups is 1. The van der Waals surface area contributed by atoms with Crippen molar-refractivity contribution >= 4 is 6.09 Å². The van der Waals surface area contributed by atoms with Crippen molar-refractivity contribution in [3.63, 3.8) is 0 Å². The first-order valence-electron chi connectivity index (χ1n) is 4.82. The van der Waals surface area contributed by atoms with E-state index in [9.17, 15) is 4.79 Å². The minimum Gasteiger partial charge on any atom is -0.450 e. The van der Waals surface area contributed by atoms with Gasteiger partial charge in [0.2, 0.25) is 0 Å². The highest BCUT2D eigenvalue weighted by Crippen LogP contribution is 2.16. The molecular formula is C10H10N4O3. The van der Waals surface area contributed by atoms with Gasteiger partial charge in [0.1, 0.15) is 5.75 Å². The van der Waals surface area contributed by atoms with E-state index >= 15 is 0 Å². The fourth-order valence-corrected chi connectivity index (χ4v) is 1.11. The third-order valence-electron chi connectivity index (χ3n) is 1.96. The molecule has 0 aliphatic carbocycles. The first kappa shape index (κ1) is 11.1. The van der Waals surface area contributed by atoms with E-state index in [1.807, 2.05) is 19.1 Å². The average Bonchev–Trinajstić information content (AvgIpc) is 2.80. The molecule has 2 rings (SSSR count). The second-order valence-electron chi connectivity index (χ2n) is 3.25. The minimum atomic E-state index is -0.726. The number of tetrazole rings is 1. The maximum Gasteiger partial charge on any atom is 0.453 e. The SMILES string of the molecule is COC(=O)n1nnc(Oc2ccc(C)cc2)n1. The lowest BCUT2D eigenvalue weighted by Crippen LogP contribution is -2.14. The van der Waals surface area contributed by atoms with Crippen molar-refractivity contribution in [2.45, 2.75) is 6.92 Å². The summed E-state index contributed by atoms with van der Waals surface area (Å²) in [4.78, 5) is 11.8. The van der Waals surface area contributed by atoms with Crippen LogP contribution in [0.15, 0.2) is 24.3 Å². The van der Waals surface area contributed by atoms with Crippen LogP contribution in [0.1, 0.15) is 5.56 Å². The maximum absolute atomic E-state index is 11.0. The highest BCUT2D eigenvalue weighted by Gasteiger charge is 2.11. The lowest BCUT2D eigenvalue weighted by molar-refractivity contribution is 0.164. The molecule has 0 saturated carbocycles. The Bertz CT molecular complexity index is 521. The summed E-state index contributed by atoms with van der Waals surface area (Å²) in [6, 6.07) is 7.31. The van der Waals surface area contributed by atoms with Crippen LogP contribution in [0.25, 0.3) is 0 Å². The van der Waals surface area contributed by atoms with Gasteiger partial charge < -0.3 is 9.47 Å². The molecule has 7 nitrogen and oxygen atoms in total. The molecule has 0 fully saturated rings. The zero-order chi connectivity index (χ0) is 12.3. The van der Waals surface area contributed by atoms with Crippen LogP contribution < -0.4 is 4.74 Å². The number of nitrogens with zero attached hydrogens (tertiary/aromatic N) is 4. The highest BCUT2D eigenvalue weighted by atomic mass is 16.5. The zero-order valence-corrected chi connectivity index (χ0v) is 9.32. The average molecular weight is 234 g/mol. The highest BCUT2D eigenvalue weighted by molar-refractivity contribution is 5.67. The van der Waals surface area contributed by atoms with Gasteiger partial charge in [-0.1, -0.05) is 32.7 Å². The molecule has 0 unspecified atom stereocenters. The van der Waals surface area contributed by atoms with Crippen LogP contribution in [0.4, 0.5) is 4.79 Å². The number of benzene rings is 1. The molecule has 0 spiro atoms. The van der Waals surface area contributed by atoms with Crippen molar-refractivity contribution in [2.24, 2.45) is 0 Å². The van der Waals surface area contributed by atoms with E-state index in [1.165, 1.54) is 7.11 Å². The maximum atomic E-state index is 11.0. The van der Waals surface area contributed by atoms with Gasteiger partial charge in [0.25, 0.3) is 0 Å². The molecule has 88 valence electrons. The van der Waals surface area contributed by atoms with Gasteiger partial charge in [0.05, 0.1) is 7.11 Å². The molecule has 1 aromatic heterocycles. The van der Waals surface area contributed by atoms with E-state index in [4.69, 9.17) is 4.74 Å². The molecular weight excluding hydrogens is 224 g/mol. The molecule has 2 aromatic rings. The Morgan fingerprint density at radius 2 is 2.00 bits per heavy atom. The van der Waals surface area contributed by atoms with Crippen LogP contribution in [0.3, 0.4) is 0 Å². The Balaban J connectivity index is 2.11. The van der Waals surface area contributed by atoms with Crippen molar-refractivity contribution in [3.05, 3.63) is 29.8 Å². The minimum absolute atomic E-state index is 0.0146. The summed E-state index contributed by atoms with van der Waals surface area (Å²) in [6.45, 7) is 1.97. The van der Waals surface area contributed by atoms with Crippen molar-refractivity contribution in [3.8, 4) is 11.8 Å². The van der Waals surface area contributed by atoms with Gasteiger partial charge in [-0.05, 0) is 24.3 Å². The lowest BCUT2D eigenvalue weighted by Gasteiger charge is -1.99. The van der Waals surface area contributed by atoms with Crippen molar-refractivity contribution in [2.75, 3.05) is 7.11 Å². The topological polar surface area (TPSA) is 79.1 Å². The molecule has 0 atom stereocenters. The van der Waals surface area contributed by atoms with E-state index in [2.05, 4.69) is 20.1 Å². The van der Waals surface area contributed by atoms with Crippen molar-refractivity contribution in [1.82, 2.24) is 20.2 Å². The fraction of sp³-hybridized carbons (Fsp3) is 0.200. The number of carbonyl (C=O) groups excluding carboxylic acids is 1. The Labute approximate surface area is 97.0 Å². The van der Waals surface area contributed by atoms with Crippen molar-refractivity contribution < 1.29 is 14.3 Å². The normalized spacial score (nSPS) is 10.0. The first-order valence-corrected chi connectivity index (χ1v) is 4.82. The number of hydrogen-bond donors (Lipinski definition) is 0. The Hall–Kier alpha value is -2.44. The lowest BCUT2D eigenvalue weighted by atomic mass is 10.2. The molecule has 0 bridgehead atoms. The zero-order valence-electron chi connectivity index (χ0n) is 9.32. The summed E-state index contributed by atoms with van der Waals surface area (Å²) in [7, 11) is 1.23. The second kappa shape index (κ2) is 4.60. The summed E-state index contributed by atoms with van der Waals surface area (Å²) >= 11 is 0. The molecule has 0 radical (unpaired) electrons. The molecule has 1 heterocycles. The monoisotopic (exact) mass is 234 g/mol. The standard InChI is InChI=1S/C10H10N4O3/c1-7-3-5-8(6-4-7)17-9-11-13-14(12-9)10(15)16-2/h3-6H,1-2H3. The van der Waals surface area contributed by atoms with E-state index in [-0.39, 0.29) is 6.01 Å². The van der Waals surface area contributed by atoms with Crippen molar-refractivity contribution in [1.29, 1.82) is 0 Å². The fourth-order valence-electron chi connectivity index (χ4n) is 1.11. The largest absolute Gasteiger partial charge is 0.453 e. The predicted octanol–water partition coefficient (Wildman–Crippen LogP) is 1.39. The number of hydrogen-bond acceptors (Lipinski definition) is 6. The van der Waals surface area contributed by atoms with Gasteiger partial charge in [0, 0.05) is 0 Å². The van der Waals surface area contributed by atoms with Crippen LogP contribution in [-0.4, -0.2) is 33.4 Å². The molecule has 0 aliphatic heterocycles. The van der Waals surface area contributed by atoms with Crippen LogP contribution in [0.5, 0.6) is 11.8 Å². The van der Waals surface area contributed by atoms with Gasteiger partial charge in [0.15, 0.2) is 0 Å². The molecule has 1 aromatic carbocycles. The Morgan fingerprint density at radius 3 is 2.65 bits per heavy atom. The van der Waals surface area contributed by atoms with Gasteiger partial charge in [-0.25, -0.2) is 4.79 Å². The van der Waals surface area contributed by atoms with Crippen LogP contribution in [-0.2, 0) is 4.74 Å². The number of aryl methyl sites for hydroxylation is 1. The molecule has 0 saturated heterocycles. The van der Waals surface area contributed by atoms with Gasteiger partial charge in [-0.2, -0.15) is 0 Å². The third kappa shape index (κ3) is 2.57. The van der Waals surface area contributed by atoms with Crippen LogP contribution >= 0.6 is 0 Å². The quantitative estimate of drug-likeness (QED) is 0.781. The van der Waals surface area contributed by atoms with Gasteiger partial charge in [-0.15, -0.1) is 0 Å². The second-order valence-corrected chi connectivity index (χ2v) is 3.25. The van der Waals surface area contributed by atoms with E-state index in [1.54, 1.807) is 12.1 Å². The Kier molecular flexibility index (Phi) is 2.99. The molecule has 7 heteroatoms. The van der Waals surface area contributed by atoms with Gasteiger partial charge >= 0.3 is 12.1 Å². The molecule has 17 heavy (non-hydrogen) atoms. The predicted molar refractivity (Wildman–Crippen MR) is 56.9 cm³/mol. The Morgan fingerprint density at radius 1 is 1.29 bits per heavy atom. The van der Waals surface area contributed by atoms with E-state index in [0.717, 1.165) is 5.56 Å². The summed E-state index contributed by atoms with van der Waals surface area (Å²) in [6.07, 6.45) is -0.726. The number of rotatable bonds is 2. The number of methoxy groups -OCH3 is 1. The smallest absolute Gasteiger partial charge is 0.450 e. The number of ether oxygens (including phenoxy) is 2. The molecule has 0 N–H and O–H groups in total. The summed E-state index contributed by atoms with van der Waals surface area (Å²) < 4.78 is 9.71. The van der Waals surface area contributed by atoms with E-state index < -0.39 is 6.09 Å². The summed E-state index contributed by atoms with van der Waals surface area (Å²) in [5.41, 5.74) is 1.11. The van der Waals surface area contributed by atoms with Gasteiger partial charge in [-0.3, -0.25) is 0 Å². The van der Waals surface area contributed by atoms with Crippen LogP contribution in [0.2, 0.25) is 0 Å². The molecule has 0 amide bonds. The number of aromatic nitrogens is 4. The van der Waals surface area contributed by atoms with E-state index in [0.29, 0.717) is 10.5 Å².